The second-order valence-corrected chi connectivity index (χ2v) is 8.89. The fraction of sp³-hybridized carbons (Fsp3) is 0.160. The molecule has 1 atom stereocenters. The van der Waals surface area contributed by atoms with Gasteiger partial charge in [0.25, 0.3) is 0 Å². The van der Waals surface area contributed by atoms with Gasteiger partial charge in [-0.1, -0.05) is 57.9 Å². The minimum atomic E-state index is -0.455. The lowest BCUT2D eigenvalue weighted by molar-refractivity contribution is -0.126. The van der Waals surface area contributed by atoms with E-state index in [1.807, 2.05) is 72.8 Å². The monoisotopic (exact) mass is 525 g/mol. The predicted molar refractivity (Wildman–Crippen MR) is 133 cm³/mol. The Morgan fingerprint density at radius 2 is 1.94 bits per heavy atom. The molecule has 1 saturated heterocycles. The van der Waals surface area contributed by atoms with Crippen molar-refractivity contribution in [2.45, 2.75) is 13.0 Å². The summed E-state index contributed by atoms with van der Waals surface area (Å²) in [6.45, 7) is 0.675. The fourth-order valence-electron chi connectivity index (χ4n) is 3.48. The van der Waals surface area contributed by atoms with Crippen LogP contribution in [-0.4, -0.2) is 24.6 Å². The molecule has 0 aliphatic carbocycles. The van der Waals surface area contributed by atoms with Gasteiger partial charge in [-0.25, -0.2) is 5.43 Å². The van der Waals surface area contributed by atoms with E-state index in [2.05, 4.69) is 26.5 Å². The van der Waals surface area contributed by atoms with E-state index in [1.165, 1.54) is 0 Å². The van der Waals surface area contributed by atoms with Gasteiger partial charge >= 0.3 is 0 Å². The molecule has 0 unspecified atom stereocenters. The number of amides is 2. The Labute approximate surface area is 205 Å². The maximum Gasteiger partial charge on any atom is 0.245 e. The Morgan fingerprint density at radius 1 is 1.15 bits per heavy atom. The van der Waals surface area contributed by atoms with Crippen LogP contribution in [0.25, 0.3) is 0 Å². The minimum absolute atomic E-state index is 0.0789. The number of carbonyl (C=O) groups is 2. The fourth-order valence-corrected chi connectivity index (χ4v) is 3.93. The molecular formula is C25H21BrClN3O3. The van der Waals surface area contributed by atoms with Gasteiger partial charge in [0, 0.05) is 33.7 Å². The van der Waals surface area contributed by atoms with E-state index in [1.54, 1.807) is 11.1 Å². The number of halogens is 2. The average Bonchev–Trinajstić information content (AvgIpc) is 3.21. The standard InChI is InChI=1S/C25H21BrClN3O3/c26-20-8-10-21(11-9-20)30-15-19(13-24(30)31)25(32)29-28-14-17-4-3-6-22(12-17)33-16-18-5-1-2-7-23(18)27/h1-12,14,19H,13,15-16H2,(H,29,32)/b28-14-/t19-/m1/s1. The number of benzene rings is 3. The molecule has 3 aromatic carbocycles. The zero-order valence-corrected chi connectivity index (χ0v) is 19.9. The summed E-state index contributed by atoms with van der Waals surface area (Å²) >= 11 is 9.55. The van der Waals surface area contributed by atoms with Gasteiger partial charge in [0.1, 0.15) is 12.4 Å². The molecule has 6 nitrogen and oxygen atoms in total. The molecule has 1 fully saturated rings. The summed E-state index contributed by atoms with van der Waals surface area (Å²) in [6.07, 6.45) is 1.70. The molecule has 2 amide bonds. The summed E-state index contributed by atoms with van der Waals surface area (Å²) in [5.74, 6) is -0.157. The van der Waals surface area contributed by atoms with Crippen LogP contribution >= 0.6 is 27.5 Å². The number of hydrazone groups is 1. The van der Waals surface area contributed by atoms with Crippen molar-refractivity contribution in [2.75, 3.05) is 11.4 Å². The molecule has 0 radical (unpaired) electrons. The summed E-state index contributed by atoms with van der Waals surface area (Å²) in [4.78, 5) is 26.5. The number of hydrogen-bond donors (Lipinski definition) is 1. The molecule has 0 spiro atoms. The molecule has 168 valence electrons. The van der Waals surface area contributed by atoms with Gasteiger partial charge in [0.05, 0.1) is 12.1 Å². The van der Waals surface area contributed by atoms with Crippen molar-refractivity contribution in [3.05, 3.63) is 93.4 Å². The molecule has 4 rings (SSSR count). The number of ether oxygens (including phenoxy) is 1. The Bertz CT molecular complexity index is 1180. The van der Waals surface area contributed by atoms with Crippen molar-refractivity contribution in [1.82, 2.24) is 5.43 Å². The highest BCUT2D eigenvalue weighted by molar-refractivity contribution is 9.10. The van der Waals surface area contributed by atoms with Crippen LogP contribution in [0, 0.1) is 5.92 Å². The summed E-state index contributed by atoms with van der Waals surface area (Å²) < 4.78 is 6.75. The van der Waals surface area contributed by atoms with Crippen molar-refractivity contribution in [2.24, 2.45) is 11.0 Å². The second kappa shape index (κ2) is 10.6. The van der Waals surface area contributed by atoms with Crippen LogP contribution in [-0.2, 0) is 16.2 Å². The Balaban J connectivity index is 1.31. The van der Waals surface area contributed by atoms with Gasteiger partial charge in [0.2, 0.25) is 11.8 Å². The second-order valence-electron chi connectivity index (χ2n) is 7.57. The molecule has 0 bridgehead atoms. The number of nitrogens with one attached hydrogen (secondary N) is 1. The summed E-state index contributed by atoms with van der Waals surface area (Å²) in [6, 6.07) is 22.3. The summed E-state index contributed by atoms with van der Waals surface area (Å²) in [7, 11) is 0. The van der Waals surface area contributed by atoms with E-state index in [0.29, 0.717) is 23.9 Å². The maximum atomic E-state index is 12.5. The van der Waals surface area contributed by atoms with E-state index >= 15 is 0 Å². The molecule has 8 heteroatoms. The smallest absolute Gasteiger partial charge is 0.245 e. The van der Waals surface area contributed by atoms with Gasteiger partial charge in [-0.3, -0.25) is 9.59 Å². The lowest BCUT2D eigenvalue weighted by Crippen LogP contribution is -2.30. The van der Waals surface area contributed by atoms with Gasteiger partial charge in [-0.05, 0) is 48.0 Å². The van der Waals surface area contributed by atoms with Crippen LogP contribution < -0.4 is 15.1 Å². The Morgan fingerprint density at radius 3 is 2.73 bits per heavy atom. The highest BCUT2D eigenvalue weighted by Gasteiger charge is 2.35. The number of hydrogen-bond acceptors (Lipinski definition) is 4. The van der Waals surface area contributed by atoms with Crippen molar-refractivity contribution < 1.29 is 14.3 Å². The summed E-state index contributed by atoms with van der Waals surface area (Å²) in [5.41, 5.74) is 4.99. The van der Waals surface area contributed by atoms with Crippen LogP contribution in [0.1, 0.15) is 17.5 Å². The summed E-state index contributed by atoms with van der Waals surface area (Å²) in [5, 5.41) is 4.71. The largest absolute Gasteiger partial charge is 0.489 e. The van der Waals surface area contributed by atoms with E-state index in [-0.39, 0.29) is 18.2 Å². The van der Waals surface area contributed by atoms with Crippen molar-refractivity contribution >= 4 is 51.2 Å². The van der Waals surface area contributed by atoms with Gasteiger partial charge in [-0.2, -0.15) is 5.10 Å². The number of carbonyl (C=O) groups excluding carboxylic acids is 2. The van der Waals surface area contributed by atoms with Crippen LogP contribution in [0.3, 0.4) is 0 Å². The molecule has 1 aliphatic rings. The molecule has 1 aliphatic heterocycles. The molecular weight excluding hydrogens is 506 g/mol. The normalized spacial score (nSPS) is 15.8. The predicted octanol–water partition coefficient (Wildman–Crippen LogP) is 5.18. The van der Waals surface area contributed by atoms with E-state index in [4.69, 9.17) is 16.3 Å². The molecule has 33 heavy (non-hydrogen) atoms. The van der Waals surface area contributed by atoms with Crippen molar-refractivity contribution in [3.63, 3.8) is 0 Å². The van der Waals surface area contributed by atoms with Crippen LogP contribution in [0.15, 0.2) is 82.4 Å². The SMILES string of the molecule is O=C(N/N=C\c1cccc(OCc2ccccc2Cl)c1)[C@@H]1CC(=O)N(c2ccc(Br)cc2)C1. The van der Waals surface area contributed by atoms with Gasteiger partial charge in [-0.15, -0.1) is 0 Å². The maximum absolute atomic E-state index is 12.5. The molecule has 0 aromatic heterocycles. The Kier molecular flexibility index (Phi) is 7.42. The quantitative estimate of drug-likeness (QED) is 0.340. The van der Waals surface area contributed by atoms with E-state index < -0.39 is 5.92 Å². The third-order valence-electron chi connectivity index (χ3n) is 5.23. The highest BCUT2D eigenvalue weighted by Crippen LogP contribution is 2.26. The number of nitrogens with zero attached hydrogens (tertiary/aromatic N) is 2. The first-order chi connectivity index (χ1) is 16.0. The molecule has 1 heterocycles. The lowest BCUT2D eigenvalue weighted by Gasteiger charge is -2.16. The third-order valence-corrected chi connectivity index (χ3v) is 6.13. The zero-order chi connectivity index (χ0) is 23.2. The third kappa shape index (κ3) is 6.00. The van der Waals surface area contributed by atoms with E-state index in [0.717, 1.165) is 21.3 Å². The Hall–Kier alpha value is -3.16. The topological polar surface area (TPSA) is 71.0 Å². The van der Waals surface area contributed by atoms with Crippen LogP contribution in [0.4, 0.5) is 5.69 Å². The average molecular weight is 527 g/mol. The van der Waals surface area contributed by atoms with E-state index in [9.17, 15) is 9.59 Å². The first-order valence-electron chi connectivity index (χ1n) is 10.3. The molecule has 3 aromatic rings. The van der Waals surface area contributed by atoms with Gasteiger partial charge < -0.3 is 9.64 Å². The highest BCUT2D eigenvalue weighted by atomic mass is 79.9. The molecule has 0 saturated carbocycles. The van der Waals surface area contributed by atoms with Crippen LogP contribution in [0.2, 0.25) is 5.02 Å². The minimum Gasteiger partial charge on any atom is -0.489 e. The van der Waals surface area contributed by atoms with Crippen molar-refractivity contribution in [3.8, 4) is 5.75 Å². The zero-order valence-electron chi connectivity index (χ0n) is 17.6. The van der Waals surface area contributed by atoms with Crippen molar-refractivity contribution in [1.29, 1.82) is 0 Å². The lowest BCUT2D eigenvalue weighted by atomic mass is 10.1. The van der Waals surface area contributed by atoms with Crippen LogP contribution in [0.5, 0.6) is 5.75 Å². The number of rotatable bonds is 7. The first-order valence-corrected chi connectivity index (χ1v) is 11.5. The van der Waals surface area contributed by atoms with Gasteiger partial charge in [0.15, 0.2) is 0 Å². The molecule has 1 N–H and O–H groups in total. The number of anilines is 1. The first kappa shape index (κ1) is 23.0.